The summed E-state index contributed by atoms with van der Waals surface area (Å²) in [5.74, 6) is 0.768. The molecule has 7 heteroatoms. The average molecular weight is 662 g/mol. The highest BCUT2D eigenvalue weighted by Gasteiger charge is 2.20. The molecular formula is C40H71NO6. The molecule has 0 saturated heterocycles. The molecule has 1 rings (SSSR count). The van der Waals surface area contributed by atoms with E-state index in [0.717, 1.165) is 38.5 Å². The largest absolute Gasteiger partial charge is 0.490 e. The van der Waals surface area contributed by atoms with Gasteiger partial charge in [-0.2, -0.15) is 0 Å². The Balaban J connectivity index is 2.92. The third-order valence-corrected chi connectivity index (χ3v) is 8.66. The predicted molar refractivity (Wildman–Crippen MR) is 195 cm³/mol. The molecule has 47 heavy (non-hydrogen) atoms. The number of rotatable bonds is 33. The maximum absolute atomic E-state index is 13.1. The monoisotopic (exact) mass is 662 g/mol. The van der Waals surface area contributed by atoms with Crippen molar-refractivity contribution in [3.05, 3.63) is 17.7 Å². The Morgan fingerprint density at radius 1 is 0.511 bits per heavy atom. The lowest BCUT2D eigenvalue weighted by atomic mass is 10.1. The average Bonchev–Trinajstić information content (AvgIpc) is 3.08. The molecule has 7 nitrogen and oxygen atoms in total. The molecule has 1 aromatic carbocycles. The lowest BCUT2D eigenvalue weighted by Gasteiger charge is -2.19. The predicted octanol–water partition coefficient (Wildman–Crippen LogP) is 11.1. The van der Waals surface area contributed by atoms with Crippen LogP contribution in [0.25, 0.3) is 0 Å². The molecule has 0 bridgehead atoms. The number of hydrogen-bond donors (Lipinski definition) is 1. The topological polar surface area (TPSA) is 83.1 Å². The molecule has 0 unspecified atom stereocenters. The second-order valence-corrected chi connectivity index (χ2v) is 13.0. The van der Waals surface area contributed by atoms with E-state index in [1.54, 1.807) is 12.1 Å². The van der Waals surface area contributed by atoms with Gasteiger partial charge >= 0.3 is 5.97 Å². The number of amides is 1. The number of benzene rings is 1. The van der Waals surface area contributed by atoms with E-state index >= 15 is 0 Å². The Morgan fingerprint density at radius 3 is 1.21 bits per heavy atom. The van der Waals surface area contributed by atoms with Crippen LogP contribution >= 0.6 is 0 Å². The highest BCUT2D eigenvalue weighted by Crippen LogP contribution is 2.39. The van der Waals surface area contributed by atoms with E-state index in [9.17, 15) is 9.59 Å². The molecule has 1 aromatic rings. The van der Waals surface area contributed by atoms with Gasteiger partial charge in [0, 0.05) is 5.56 Å². The van der Waals surface area contributed by atoms with E-state index in [0.29, 0.717) is 42.6 Å². The van der Waals surface area contributed by atoms with Crippen LogP contribution in [0.2, 0.25) is 0 Å². The van der Waals surface area contributed by atoms with E-state index in [2.05, 4.69) is 26.1 Å². The highest BCUT2D eigenvalue weighted by atomic mass is 16.5. The molecule has 0 saturated carbocycles. The Kier molecular flexibility index (Phi) is 28.0. The van der Waals surface area contributed by atoms with Gasteiger partial charge in [0.25, 0.3) is 5.91 Å². The molecule has 0 aliphatic rings. The molecule has 0 atom stereocenters. The van der Waals surface area contributed by atoms with E-state index in [-0.39, 0.29) is 12.5 Å². The molecule has 0 radical (unpaired) electrons. The van der Waals surface area contributed by atoms with Gasteiger partial charge in [-0.05, 0) is 31.4 Å². The molecule has 1 amide bonds. The normalized spacial score (nSPS) is 11.0. The number of hydrogen-bond acceptors (Lipinski definition) is 6. The van der Waals surface area contributed by atoms with E-state index in [4.69, 9.17) is 18.9 Å². The van der Waals surface area contributed by atoms with Gasteiger partial charge < -0.3 is 24.3 Å². The van der Waals surface area contributed by atoms with Crippen LogP contribution in [-0.2, 0) is 9.53 Å². The van der Waals surface area contributed by atoms with Crippen LogP contribution < -0.4 is 19.5 Å². The summed E-state index contributed by atoms with van der Waals surface area (Å²) in [4.78, 5) is 24.8. The Bertz CT molecular complexity index is 862. The first-order valence-corrected chi connectivity index (χ1v) is 19.5. The number of carbonyl (C=O) groups is 2. The third-order valence-electron chi connectivity index (χ3n) is 8.66. The molecular weight excluding hydrogens is 590 g/mol. The fourth-order valence-corrected chi connectivity index (χ4v) is 5.64. The standard InChI is InChI=1S/C40H71NO6/c1-5-8-11-14-17-20-23-26-29-45-36-32-35(40(43)41-34-38(42)44-4)33-37(46-30-27-24-21-18-15-12-9-6-2)39(36)47-31-28-25-22-19-16-13-10-7-3/h32-33H,5-31,34H2,1-4H3,(H,41,43). The van der Waals surface area contributed by atoms with Crippen molar-refractivity contribution in [2.24, 2.45) is 0 Å². The van der Waals surface area contributed by atoms with Crippen molar-refractivity contribution < 1.29 is 28.5 Å². The van der Waals surface area contributed by atoms with Gasteiger partial charge in [0.1, 0.15) is 6.54 Å². The van der Waals surface area contributed by atoms with Crippen LogP contribution in [0.15, 0.2) is 12.1 Å². The number of unbranched alkanes of at least 4 members (excludes halogenated alkanes) is 21. The lowest BCUT2D eigenvalue weighted by molar-refractivity contribution is -0.139. The Hall–Kier alpha value is -2.44. The van der Waals surface area contributed by atoms with Crippen LogP contribution in [-0.4, -0.2) is 45.4 Å². The first-order chi connectivity index (χ1) is 23.1. The zero-order chi connectivity index (χ0) is 34.2. The Morgan fingerprint density at radius 2 is 0.851 bits per heavy atom. The van der Waals surface area contributed by atoms with Crippen molar-refractivity contribution in [3.63, 3.8) is 0 Å². The summed E-state index contributed by atoms with van der Waals surface area (Å²) >= 11 is 0. The second kappa shape index (κ2) is 30.9. The van der Waals surface area contributed by atoms with Crippen LogP contribution in [0.5, 0.6) is 17.2 Å². The van der Waals surface area contributed by atoms with Gasteiger partial charge in [0.15, 0.2) is 11.5 Å². The second-order valence-electron chi connectivity index (χ2n) is 13.0. The maximum Gasteiger partial charge on any atom is 0.325 e. The summed E-state index contributed by atoms with van der Waals surface area (Å²) in [6, 6.07) is 3.45. The van der Waals surface area contributed by atoms with Gasteiger partial charge in [0.2, 0.25) is 5.75 Å². The van der Waals surface area contributed by atoms with Gasteiger partial charge in [-0.3, -0.25) is 9.59 Å². The fraction of sp³-hybridized carbons (Fsp3) is 0.800. The van der Waals surface area contributed by atoms with Crippen molar-refractivity contribution in [2.45, 2.75) is 175 Å². The minimum atomic E-state index is -0.499. The van der Waals surface area contributed by atoms with E-state index < -0.39 is 5.97 Å². The molecule has 0 aliphatic heterocycles. The van der Waals surface area contributed by atoms with Crippen molar-refractivity contribution in [1.29, 1.82) is 0 Å². The molecule has 0 heterocycles. The van der Waals surface area contributed by atoms with E-state index in [1.807, 2.05) is 0 Å². The van der Waals surface area contributed by atoms with Gasteiger partial charge in [0.05, 0.1) is 26.9 Å². The number of methoxy groups -OCH3 is 1. The zero-order valence-corrected chi connectivity index (χ0v) is 30.9. The van der Waals surface area contributed by atoms with Crippen LogP contribution in [0.1, 0.15) is 185 Å². The summed E-state index contributed by atoms with van der Waals surface area (Å²) in [6.07, 6.45) is 29.3. The first kappa shape index (κ1) is 42.6. The van der Waals surface area contributed by atoms with Crippen LogP contribution in [0.4, 0.5) is 0 Å². The fourth-order valence-electron chi connectivity index (χ4n) is 5.64. The molecule has 0 aliphatic carbocycles. The minimum absolute atomic E-state index is 0.199. The molecule has 272 valence electrons. The van der Waals surface area contributed by atoms with Crippen molar-refractivity contribution in [3.8, 4) is 17.2 Å². The first-order valence-electron chi connectivity index (χ1n) is 19.5. The molecule has 0 aromatic heterocycles. The van der Waals surface area contributed by atoms with Gasteiger partial charge in [-0.1, -0.05) is 156 Å². The zero-order valence-electron chi connectivity index (χ0n) is 30.9. The van der Waals surface area contributed by atoms with Crippen molar-refractivity contribution in [2.75, 3.05) is 33.5 Å². The molecule has 0 spiro atoms. The van der Waals surface area contributed by atoms with Crippen LogP contribution in [0, 0.1) is 0 Å². The summed E-state index contributed by atoms with van der Waals surface area (Å²) in [6.45, 7) is 8.21. The molecule has 0 fully saturated rings. The minimum Gasteiger partial charge on any atom is -0.490 e. The van der Waals surface area contributed by atoms with Crippen molar-refractivity contribution in [1.82, 2.24) is 5.32 Å². The molecule has 1 N–H and O–H groups in total. The quantitative estimate of drug-likeness (QED) is 0.0596. The Labute approximate surface area is 288 Å². The van der Waals surface area contributed by atoms with E-state index in [1.165, 1.54) is 123 Å². The summed E-state index contributed by atoms with van der Waals surface area (Å²) in [5.41, 5.74) is 0.380. The lowest BCUT2D eigenvalue weighted by Crippen LogP contribution is -2.30. The maximum atomic E-state index is 13.1. The SMILES string of the molecule is CCCCCCCCCCOc1cc(C(=O)NCC(=O)OC)cc(OCCCCCCCCCC)c1OCCCCCCCCCC. The number of esters is 1. The van der Waals surface area contributed by atoms with Gasteiger partial charge in [-0.25, -0.2) is 0 Å². The van der Waals surface area contributed by atoms with Crippen LogP contribution in [0.3, 0.4) is 0 Å². The summed E-state index contributed by atoms with van der Waals surface area (Å²) in [7, 11) is 1.31. The summed E-state index contributed by atoms with van der Waals surface area (Å²) < 4.78 is 23.7. The third kappa shape index (κ3) is 22.7. The van der Waals surface area contributed by atoms with Gasteiger partial charge in [-0.15, -0.1) is 0 Å². The van der Waals surface area contributed by atoms with Crippen molar-refractivity contribution >= 4 is 11.9 Å². The number of carbonyl (C=O) groups excluding carboxylic acids is 2. The summed E-state index contributed by atoms with van der Waals surface area (Å²) in [5, 5.41) is 2.65. The number of ether oxygens (including phenoxy) is 4. The number of nitrogens with one attached hydrogen (secondary N) is 1. The smallest absolute Gasteiger partial charge is 0.325 e. The highest BCUT2D eigenvalue weighted by molar-refractivity contribution is 5.97.